The lowest BCUT2D eigenvalue weighted by molar-refractivity contribution is -0.140. The summed E-state index contributed by atoms with van der Waals surface area (Å²) in [5.74, 6) is -2.52. The first-order valence-electron chi connectivity index (χ1n) is 16.0. The molecule has 2 bridgehead atoms. The number of hydrogen-bond acceptors (Lipinski definition) is 3. The molecule has 2 N–H and O–H groups in total. The topological polar surface area (TPSA) is 86.7 Å². The number of nitrogens with one attached hydrogen (secondary N) is 1. The number of aliphatic carboxylic acids is 1. The van der Waals surface area contributed by atoms with E-state index >= 15 is 4.39 Å². The van der Waals surface area contributed by atoms with Crippen molar-refractivity contribution < 1.29 is 28.3 Å². The van der Waals surface area contributed by atoms with Crippen molar-refractivity contribution in [1.29, 1.82) is 0 Å². The van der Waals surface area contributed by atoms with E-state index in [0.29, 0.717) is 36.9 Å². The second-order valence-electron chi connectivity index (χ2n) is 13.2. The Morgan fingerprint density at radius 1 is 0.953 bits per heavy atom. The Labute approximate surface area is 253 Å². The lowest BCUT2D eigenvalue weighted by atomic mass is 9.73. The summed E-state index contributed by atoms with van der Waals surface area (Å²) in [5, 5.41) is 12.7. The highest BCUT2D eigenvalue weighted by molar-refractivity contribution is 5.89. The van der Waals surface area contributed by atoms with Gasteiger partial charge in [-0.3, -0.25) is 14.4 Å². The normalized spacial score (nSPS) is 23.2. The van der Waals surface area contributed by atoms with Gasteiger partial charge in [-0.1, -0.05) is 44.9 Å². The van der Waals surface area contributed by atoms with Crippen molar-refractivity contribution in [2.24, 2.45) is 5.41 Å². The predicted molar refractivity (Wildman–Crippen MR) is 161 cm³/mol. The number of amides is 2. The van der Waals surface area contributed by atoms with Crippen molar-refractivity contribution in [3.63, 3.8) is 0 Å². The number of rotatable bonds is 3. The summed E-state index contributed by atoms with van der Waals surface area (Å²) in [5.41, 5.74) is 3.36. The van der Waals surface area contributed by atoms with Crippen LogP contribution in [0.3, 0.4) is 0 Å². The molecule has 8 heteroatoms. The van der Waals surface area contributed by atoms with Gasteiger partial charge < -0.3 is 15.3 Å². The van der Waals surface area contributed by atoms with Crippen molar-refractivity contribution in [3.05, 3.63) is 58.2 Å². The maximum absolute atomic E-state index is 15.8. The zero-order valence-electron chi connectivity index (χ0n) is 25.4. The monoisotopic (exact) mass is 594 g/mol. The van der Waals surface area contributed by atoms with Crippen LogP contribution in [-0.4, -0.2) is 40.4 Å². The Bertz CT molecular complexity index is 1380. The lowest BCUT2D eigenvalue weighted by Gasteiger charge is -2.35. The number of benzene rings is 2. The number of carbonyl (C=O) groups excluding carboxylic acids is 2. The number of carboxylic acid groups (broad SMARTS) is 1. The van der Waals surface area contributed by atoms with E-state index in [2.05, 4.69) is 5.32 Å². The van der Waals surface area contributed by atoms with E-state index in [0.717, 1.165) is 74.5 Å². The number of carboxylic acids is 1. The molecule has 2 aromatic rings. The van der Waals surface area contributed by atoms with E-state index in [4.69, 9.17) is 0 Å². The number of fused-ring (bicyclic) bond motifs is 4. The van der Waals surface area contributed by atoms with Gasteiger partial charge in [0.2, 0.25) is 11.8 Å². The van der Waals surface area contributed by atoms with Gasteiger partial charge in [0.05, 0.1) is 12.5 Å². The highest BCUT2D eigenvalue weighted by Gasteiger charge is 2.47. The molecule has 1 spiro atoms. The van der Waals surface area contributed by atoms with Crippen molar-refractivity contribution in [1.82, 2.24) is 10.2 Å². The molecule has 0 aromatic heterocycles. The molecule has 1 aliphatic carbocycles. The van der Waals surface area contributed by atoms with E-state index in [9.17, 15) is 23.9 Å². The SMILES string of the molecule is Cc1cc2cc(c1F)[C@H](CC(=O)O)NC(=O)[C@@H](N1CC3(CCCCC3)CC1=O)CCCCCCCc1cc(F)cc(C)c1-2. The standard InChI is InChI=1S/C35H44F2N2O4/c1-22-16-26(36)17-24-11-7-4-3-5-8-12-29(39-21-35(20-30(39)40)13-9-6-10-14-35)34(43)38-28(19-31(41)42)27-18-25(32(22)24)15-23(2)33(27)37/h15-18,28-29H,3-14,19-21H2,1-2H3,(H,38,43)(H,41,42)/t28-,29-/m0/s1. The summed E-state index contributed by atoms with van der Waals surface area (Å²) in [6.07, 6.45) is 10.8. The van der Waals surface area contributed by atoms with Crippen molar-refractivity contribution in [2.45, 2.75) is 116 Å². The van der Waals surface area contributed by atoms with Crippen molar-refractivity contribution in [2.75, 3.05) is 6.54 Å². The Hall–Kier alpha value is -3.29. The molecule has 2 fully saturated rings. The van der Waals surface area contributed by atoms with Crippen LogP contribution < -0.4 is 5.32 Å². The third-order valence-corrected chi connectivity index (χ3v) is 9.89. The molecule has 43 heavy (non-hydrogen) atoms. The van der Waals surface area contributed by atoms with Gasteiger partial charge in [0.25, 0.3) is 0 Å². The van der Waals surface area contributed by atoms with Gasteiger partial charge in [0.15, 0.2) is 0 Å². The van der Waals surface area contributed by atoms with Crippen LogP contribution in [0.2, 0.25) is 0 Å². The van der Waals surface area contributed by atoms with Crippen LogP contribution in [0.15, 0.2) is 24.3 Å². The van der Waals surface area contributed by atoms with E-state index in [-0.39, 0.29) is 22.7 Å². The molecule has 6 nitrogen and oxygen atoms in total. The zero-order chi connectivity index (χ0) is 30.7. The van der Waals surface area contributed by atoms with E-state index < -0.39 is 36.2 Å². The first-order chi connectivity index (χ1) is 20.6. The number of carbonyl (C=O) groups is 3. The van der Waals surface area contributed by atoms with Gasteiger partial charge in [-0.05, 0) is 103 Å². The number of aryl methyl sites for hydroxylation is 3. The van der Waals surface area contributed by atoms with Crippen molar-refractivity contribution in [3.8, 4) is 11.1 Å². The van der Waals surface area contributed by atoms with Gasteiger partial charge in [0.1, 0.15) is 17.7 Å². The fraction of sp³-hybridized carbons (Fsp3) is 0.571. The first-order valence-corrected chi connectivity index (χ1v) is 16.0. The summed E-state index contributed by atoms with van der Waals surface area (Å²) >= 11 is 0. The molecular weight excluding hydrogens is 550 g/mol. The highest BCUT2D eigenvalue weighted by Crippen LogP contribution is 2.45. The summed E-state index contributed by atoms with van der Waals surface area (Å²) in [4.78, 5) is 41.2. The van der Waals surface area contributed by atoms with Gasteiger partial charge in [-0.15, -0.1) is 0 Å². The average Bonchev–Trinajstić information content (AvgIpc) is 3.25. The average molecular weight is 595 g/mol. The number of likely N-dealkylation sites (tertiary alicyclic amines) is 1. The zero-order valence-corrected chi connectivity index (χ0v) is 25.4. The molecule has 2 aliphatic heterocycles. The van der Waals surface area contributed by atoms with Crippen LogP contribution in [0, 0.1) is 30.9 Å². The summed E-state index contributed by atoms with van der Waals surface area (Å²) in [6.45, 7) is 3.99. The molecule has 3 aliphatic rings. The molecule has 2 heterocycles. The quantitative estimate of drug-likeness (QED) is 0.390. The van der Waals surface area contributed by atoms with Gasteiger partial charge in [-0.2, -0.15) is 0 Å². The van der Waals surface area contributed by atoms with E-state index in [1.165, 1.54) is 18.6 Å². The minimum absolute atomic E-state index is 0.0189. The van der Waals surface area contributed by atoms with Crippen molar-refractivity contribution >= 4 is 17.8 Å². The van der Waals surface area contributed by atoms with Gasteiger partial charge in [-0.25, -0.2) is 8.78 Å². The molecule has 5 rings (SSSR count). The largest absolute Gasteiger partial charge is 0.481 e. The maximum atomic E-state index is 15.8. The van der Waals surface area contributed by atoms with Gasteiger partial charge >= 0.3 is 5.97 Å². The van der Waals surface area contributed by atoms with Gasteiger partial charge in [0, 0.05) is 18.5 Å². The highest BCUT2D eigenvalue weighted by atomic mass is 19.1. The third kappa shape index (κ3) is 6.94. The smallest absolute Gasteiger partial charge is 0.305 e. The number of nitrogens with zero attached hydrogens (tertiary/aromatic N) is 1. The van der Waals surface area contributed by atoms with E-state index in [1.54, 1.807) is 24.0 Å². The Morgan fingerprint density at radius 2 is 1.65 bits per heavy atom. The fourth-order valence-electron chi connectivity index (χ4n) is 7.76. The van der Waals surface area contributed by atoms with Crippen LogP contribution in [-0.2, 0) is 20.8 Å². The number of halogens is 2. The first kappa shape index (κ1) is 31.1. The van der Waals surface area contributed by atoms with Crippen LogP contribution in [0.1, 0.15) is 112 Å². The van der Waals surface area contributed by atoms with E-state index in [1.807, 2.05) is 6.92 Å². The number of hydrogen-bond donors (Lipinski definition) is 2. The molecule has 0 unspecified atom stereocenters. The summed E-state index contributed by atoms with van der Waals surface area (Å²) < 4.78 is 30.3. The summed E-state index contributed by atoms with van der Waals surface area (Å²) in [7, 11) is 0. The lowest BCUT2D eigenvalue weighted by Crippen LogP contribution is -2.49. The molecule has 2 atom stereocenters. The second-order valence-corrected chi connectivity index (χ2v) is 13.2. The second kappa shape index (κ2) is 13.1. The Balaban J connectivity index is 1.55. The summed E-state index contributed by atoms with van der Waals surface area (Å²) in [6, 6.07) is 4.46. The molecule has 232 valence electrons. The van der Waals surface area contributed by atoms with Crippen LogP contribution in [0.4, 0.5) is 8.78 Å². The maximum Gasteiger partial charge on any atom is 0.305 e. The Kier molecular flexibility index (Phi) is 9.52. The third-order valence-electron chi connectivity index (χ3n) is 9.89. The molecule has 0 radical (unpaired) electrons. The minimum Gasteiger partial charge on any atom is -0.481 e. The molecule has 1 saturated heterocycles. The molecular formula is C35H44F2N2O4. The molecule has 1 saturated carbocycles. The molecule has 2 aromatic carbocycles. The Morgan fingerprint density at radius 3 is 2.40 bits per heavy atom. The molecule has 2 amide bonds. The van der Waals surface area contributed by atoms with Crippen LogP contribution in [0.5, 0.6) is 0 Å². The predicted octanol–water partition coefficient (Wildman–Crippen LogP) is 7.33. The minimum atomic E-state index is -1.17. The van der Waals surface area contributed by atoms with Crippen LogP contribution in [0.25, 0.3) is 11.1 Å². The van der Waals surface area contributed by atoms with Crippen LogP contribution >= 0.6 is 0 Å². The fourth-order valence-corrected chi connectivity index (χ4v) is 7.76.